The molecule has 1 nitrogen and oxygen atoms in total. The topological polar surface area (TPSA) is 9.23 Å². The lowest BCUT2D eigenvalue weighted by molar-refractivity contribution is 0.173. The normalized spacial score (nSPS) is 19.0. The van der Waals surface area contributed by atoms with E-state index in [0.717, 1.165) is 4.58 Å². The largest absolute Gasteiger partial charge is 0.415 e. The van der Waals surface area contributed by atoms with Crippen LogP contribution in [0, 0.1) is 0 Å². The Morgan fingerprint density at radius 2 is 1.78 bits per heavy atom. The van der Waals surface area contributed by atoms with Gasteiger partial charge in [-0.25, -0.2) is 0 Å². The number of unbranched alkanes of at least 4 members (excludes halogenated alkanes) is 1. The smallest absolute Gasteiger partial charge is 0.184 e. The van der Waals surface area contributed by atoms with Crippen LogP contribution in [-0.2, 0) is 4.43 Å². The molecule has 1 fully saturated rings. The highest BCUT2D eigenvalue weighted by atomic mass is 32.2. The van der Waals surface area contributed by atoms with Gasteiger partial charge in [0.1, 0.15) is 0 Å². The quantitative estimate of drug-likeness (QED) is 0.272. The molecule has 0 aromatic rings. The fraction of sp³-hybridized carbons (Fsp3) is 1.00. The molecule has 23 heavy (non-hydrogen) atoms. The summed E-state index contributed by atoms with van der Waals surface area (Å²) < 4.78 is 7.75. The van der Waals surface area contributed by atoms with Crippen LogP contribution in [0.1, 0.15) is 45.4 Å². The molecular weight excluding hydrogens is 377 g/mol. The van der Waals surface area contributed by atoms with Crippen LogP contribution in [0.5, 0.6) is 0 Å². The molecule has 0 aliphatic carbocycles. The molecule has 0 aromatic heterocycles. The Kier molecular flexibility index (Phi) is 11.1. The second kappa shape index (κ2) is 11.3. The van der Waals surface area contributed by atoms with E-state index < -0.39 is 8.32 Å². The molecule has 0 bridgehead atoms. The van der Waals surface area contributed by atoms with Crippen molar-refractivity contribution >= 4 is 55.4 Å². The molecule has 6 heteroatoms. The van der Waals surface area contributed by atoms with E-state index in [1.807, 2.05) is 0 Å². The summed E-state index contributed by atoms with van der Waals surface area (Å²) in [6.07, 6.45) is 12.8. The van der Waals surface area contributed by atoms with Gasteiger partial charge in [0.05, 0.1) is 8.66 Å². The van der Waals surface area contributed by atoms with Gasteiger partial charge in [-0.15, -0.1) is 47.0 Å². The maximum absolute atomic E-state index is 6.67. The van der Waals surface area contributed by atoms with Crippen LogP contribution < -0.4 is 0 Å². The molecule has 0 spiro atoms. The predicted octanol–water partition coefficient (Wildman–Crippen LogP) is 6.80. The fourth-order valence-corrected chi connectivity index (χ4v) is 9.15. The zero-order chi connectivity index (χ0) is 17.3. The zero-order valence-corrected chi connectivity index (χ0v) is 20.1. The van der Waals surface area contributed by atoms with E-state index in [1.54, 1.807) is 0 Å². The van der Waals surface area contributed by atoms with E-state index >= 15 is 0 Å². The lowest BCUT2D eigenvalue weighted by atomic mass is 10.1. The van der Waals surface area contributed by atoms with E-state index in [9.17, 15) is 0 Å². The van der Waals surface area contributed by atoms with Crippen molar-refractivity contribution < 1.29 is 4.43 Å². The van der Waals surface area contributed by atoms with Crippen molar-refractivity contribution in [3.63, 3.8) is 0 Å². The molecule has 1 unspecified atom stereocenters. The molecule has 1 saturated heterocycles. The Morgan fingerprint density at radius 3 is 2.26 bits per heavy atom. The third-order valence-corrected chi connectivity index (χ3v) is 11.3. The summed E-state index contributed by atoms with van der Waals surface area (Å²) in [6.45, 7) is 9.32. The molecule has 1 heterocycles. The number of hydrogen-bond donors (Lipinski definition) is 0. The lowest BCUT2D eigenvalue weighted by Crippen LogP contribution is -2.38. The number of thioether (sulfide) groups is 4. The van der Waals surface area contributed by atoms with Crippen molar-refractivity contribution in [2.45, 2.75) is 79.9 Å². The van der Waals surface area contributed by atoms with Crippen molar-refractivity contribution in [1.29, 1.82) is 0 Å². The Balaban J connectivity index is 2.75. The average molecular weight is 413 g/mol. The minimum Gasteiger partial charge on any atom is -0.415 e. The Bertz CT molecular complexity index is 312. The van der Waals surface area contributed by atoms with Crippen LogP contribution in [0.25, 0.3) is 0 Å². The second-order valence-corrected chi connectivity index (χ2v) is 17.3. The maximum Gasteiger partial charge on any atom is 0.184 e. The standard InChI is InChI=1S/C17H36OS4Si/c1-7-8-10-17(19-2,20-3)14-15(18-23(4,5)6)13-16-21-11-9-12-22-16/h15-16H,7-14H2,1-6H3. The van der Waals surface area contributed by atoms with E-state index in [2.05, 4.69) is 86.1 Å². The third-order valence-electron chi connectivity index (χ3n) is 4.07. The number of hydrogen-bond acceptors (Lipinski definition) is 5. The highest BCUT2D eigenvalue weighted by molar-refractivity contribution is 8.18. The van der Waals surface area contributed by atoms with Crippen molar-refractivity contribution in [2.75, 3.05) is 24.0 Å². The molecule has 0 radical (unpaired) electrons. The van der Waals surface area contributed by atoms with Gasteiger partial charge in [0, 0.05) is 6.10 Å². The fourth-order valence-electron chi connectivity index (χ4n) is 2.91. The lowest BCUT2D eigenvalue weighted by Gasteiger charge is -2.38. The van der Waals surface area contributed by atoms with Crippen molar-refractivity contribution in [2.24, 2.45) is 0 Å². The molecular formula is C17H36OS4Si. The molecule has 0 saturated carbocycles. The molecule has 1 atom stereocenters. The molecule has 1 rings (SSSR count). The highest BCUT2D eigenvalue weighted by Gasteiger charge is 2.35. The van der Waals surface area contributed by atoms with Crippen LogP contribution in [0.15, 0.2) is 0 Å². The van der Waals surface area contributed by atoms with Gasteiger partial charge in [-0.1, -0.05) is 19.8 Å². The average Bonchev–Trinajstić information content (AvgIpc) is 2.51. The van der Waals surface area contributed by atoms with Crippen LogP contribution in [0.4, 0.5) is 0 Å². The predicted molar refractivity (Wildman–Crippen MR) is 120 cm³/mol. The minimum atomic E-state index is -1.50. The van der Waals surface area contributed by atoms with Crippen LogP contribution in [0.2, 0.25) is 19.6 Å². The number of rotatable bonds is 11. The van der Waals surface area contributed by atoms with Gasteiger partial charge in [0.15, 0.2) is 8.32 Å². The molecule has 0 N–H and O–H groups in total. The van der Waals surface area contributed by atoms with Gasteiger partial charge in [-0.05, 0) is 69.3 Å². The summed E-state index contributed by atoms with van der Waals surface area (Å²) in [7, 11) is -1.50. The second-order valence-electron chi connectivity index (χ2n) is 7.24. The van der Waals surface area contributed by atoms with Crippen LogP contribution in [-0.4, -0.2) is 47.1 Å². The van der Waals surface area contributed by atoms with E-state index in [-0.39, 0.29) is 0 Å². The SMILES string of the molecule is CCCCC(CC(CC1SCCCS1)O[Si](C)(C)C)(SC)SC. The first kappa shape index (κ1) is 22.6. The monoisotopic (exact) mass is 412 g/mol. The summed E-state index contributed by atoms with van der Waals surface area (Å²) >= 11 is 8.44. The molecule has 1 aliphatic heterocycles. The molecule has 138 valence electrons. The summed E-state index contributed by atoms with van der Waals surface area (Å²) in [4.78, 5) is 0. The minimum absolute atomic E-state index is 0.338. The van der Waals surface area contributed by atoms with Crippen molar-refractivity contribution in [3.8, 4) is 0 Å². The Labute approximate surface area is 163 Å². The third kappa shape index (κ3) is 9.18. The first-order chi connectivity index (χ1) is 10.8. The van der Waals surface area contributed by atoms with Crippen LogP contribution in [0.3, 0.4) is 0 Å². The van der Waals surface area contributed by atoms with Crippen molar-refractivity contribution in [3.05, 3.63) is 0 Å². The Hall–Kier alpha value is 1.58. The first-order valence-electron chi connectivity index (χ1n) is 8.85. The van der Waals surface area contributed by atoms with Gasteiger partial charge in [0.2, 0.25) is 0 Å². The van der Waals surface area contributed by atoms with Gasteiger partial charge in [-0.3, -0.25) is 0 Å². The van der Waals surface area contributed by atoms with E-state index in [1.165, 1.54) is 50.0 Å². The van der Waals surface area contributed by atoms with Gasteiger partial charge in [0.25, 0.3) is 0 Å². The summed E-state index contributed by atoms with van der Waals surface area (Å²) in [5.41, 5.74) is 0. The van der Waals surface area contributed by atoms with Gasteiger partial charge in [-0.2, -0.15) is 0 Å². The van der Waals surface area contributed by atoms with Crippen LogP contribution >= 0.6 is 47.0 Å². The Morgan fingerprint density at radius 1 is 1.17 bits per heavy atom. The molecule has 1 aliphatic rings. The van der Waals surface area contributed by atoms with Gasteiger partial charge < -0.3 is 4.43 Å². The zero-order valence-electron chi connectivity index (χ0n) is 15.9. The molecule has 0 aromatic carbocycles. The first-order valence-corrected chi connectivity index (χ1v) is 16.8. The maximum atomic E-state index is 6.67. The van der Waals surface area contributed by atoms with E-state index in [4.69, 9.17) is 4.43 Å². The summed E-state index contributed by atoms with van der Waals surface area (Å²) in [5, 5.41) is 0. The van der Waals surface area contributed by atoms with Gasteiger partial charge >= 0.3 is 0 Å². The van der Waals surface area contributed by atoms with E-state index in [0.29, 0.717) is 10.2 Å². The summed E-state index contributed by atoms with van der Waals surface area (Å²) in [5.74, 6) is 2.67. The highest BCUT2D eigenvalue weighted by Crippen LogP contribution is 2.45. The molecule has 0 amide bonds. The van der Waals surface area contributed by atoms with Crippen molar-refractivity contribution in [1.82, 2.24) is 0 Å². The summed E-state index contributed by atoms with van der Waals surface area (Å²) in [6, 6.07) is 0.